The summed E-state index contributed by atoms with van der Waals surface area (Å²) in [6.07, 6.45) is 5.93. The van der Waals surface area contributed by atoms with Gasteiger partial charge in [-0.2, -0.15) is 0 Å². The molecule has 1 aromatic heterocycles. The zero-order chi connectivity index (χ0) is 15.0. The van der Waals surface area contributed by atoms with Crippen LogP contribution in [-0.2, 0) is 12.8 Å². The lowest BCUT2D eigenvalue weighted by atomic mass is 9.99. The predicted molar refractivity (Wildman–Crippen MR) is 79.5 cm³/mol. The Morgan fingerprint density at radius 1 is 1.24 bits per heavy atom. The second kappa shape index (κ2) is 5.70. The summed E-state index contributed by atoms with van der Waals surface area (Å²) in [6.45, 7) is 5.60. The third-order valence-electron chi connectivity index (χ3n) is 4.91. The van der Waals surface area contributed by atoms with Crippen LogP contribution in [0.1, 0.15) is 50.8 Å². The number of piperidine rings is 1. The van der Waals surface area contributed by atoms with Gasteiger partial charge in [-0.15, -0.1) is 4.74 Å². The van der Waals surface area contributed by atoms with Crippen LogP contribution in [0.4, 0.5) is 4.79 Å². The first kappa shape index (κ1) is 14.4. The summed E-state index contributed by atoms with van der Waals surface area (Å²) in [5.41, 5.74) is 1.08. The number of carbonyl (C=O) groups excluding carboxylic acids is 1. The Hall–Kier alpha value is -1.52. The zero-order valence-electron chi connectivity index (χ0n) is 12.9. The van der Waals surface area contributed by atoms with E-state index < -0.39 is 0 Å². The maximum Gasteiger partial charge on any atom is 0.361 e. The van der Waals surface area contributed by atoms with Crippen LogP contribution in [0, 0.1) is 11.8 Å². The fourth-order valence-corrected chi connectivity index (χ4v) is 3.92. The molecule has 21 heavy (non-hydrogen) atoms. The first-order valence-corrected chi connectivity index (χ1v) is 8.17. The largest absolute Gasteiger partial charge is 0.361 e. The normalized spacial score (nSPS) is 24.6. The fourth-order valence-electron chi connectivity index (χ4n) is 3.92. The van der Waals surface area contributed by atoms with Crippen LogP contribution in [0.5, 0.6) is 0 Å². The van der Waals surface area contributed by atoms with Crippen molar-refractivity contribution < 1.29 is 9.32 Å². The molecule has 1 saturated heterocycles. The van der Waals surface area contributed by atoms with Crippen molar-refractivity contribution in [2.24, 2.45) is 11.8 Å². The molecule has 0 aromatic carbocycles. The second-order valence-corrected chi connectivity index (χ2v) is 6.43. The molecule has 5 heteroatoms. The van der Waals surface area contributed by atoms with Crippen LogP contribution < -0.4 is 5.63 Å². The Labute approximate surface area is 124 Å². The molecule has 0 spiro atoms. The zero-order valence-corrected chi connectivity index (χ0v) is 12.9. The Morgan fingerprint density at radius 3 is 2.48 bits per heavy atom. The lowest BCUT2D eigenvalue weighted by Crippen LogP contribution is -2.43. The molecule has 3 rings (SSSR count). The van der Waals surface area contributed by atoms with Gasteiger partial charge in [-0.1, -0.05) is 20.3 Å². The summed E-state index contributed by atoms with van der Waals surface area (Å²) in [7, 11) is 0. The molecule has 1 aliphatic heterocycles. The number of likely N-dealkylation sites (tertiary alicyclic amines) is 1. The minimum Gasteiger partial charge on any atom is -0.327 e. The van der Waals surface area contributed by atoms with Crippen molar-refractivity contribution in [1.29, 1.82) is 0 Å². The van der Waals surface area contributed by atoms with E-state index in [-0.39, 0.29) is 11.7 Å². The van der Waals surface area contributed by atoms with Gasteiger partial charge in [-0.25, -0.2) is 9.59 Å². The summed E-state index contributed by atoms with van der Waals surface area (Å²) < 4.78 is 6.54. The van der Waals surface area contributed by atoms with E-state index in [0.717, 1.165) is 25.2 Å². The first-order chi connectivity index (χ1) is 10.1. The van der Waals surface area contributed by atoms with Gasteiger partial charge in [0.15, 0.2) is 0 Å². The molecular weight excluding hydrogens is 268 g/mol. The highest BCUT2D eigenvalue weighted by atomic mass is 16.5. The van der Waals surface area contributed by atoms with Crippen molar-refractivity contribution in [3.8, 4) is 0 Å². The molecule has 2 fully saturated rings. The van der Waals surface area contributed by atoms with Crippen LogP contribution in [0.15, 0.2) is 9.32 Å². The van der Waals surface area contributed by atoms with Crippen molar-refractivity contribution >= 4 is 6.03 Å². The van der Waals surface area contributed by atoms with E-state index in [1.807, 2.05) is 18.7 Å². The molecule has 1 saturated carbocycles. The van der Waals surface area contributed by atoms with Crippen LogP contribution in [0.25, 0.3) is 0 Å². The van der Waals surface area contributed by atoms with Gasteiger partial charge in [0.25, 0.3) is 0 Å². The minimum absolute atomic E-state index is 0.146. The van der Waals surface area contributed by atoms with E-state index in [2.05, 4.69) is 0 Å². The summed E-state index contributed by atoms with van der Waals surface area (Å²) in [5, 5.41) is 0. The quantitative estimate of drug-likeness (QED) is 0.860. The highest BCUT2D eigenvalue weighted by Crippen LogP contribution is 2.36. The highest BCUT2D eigenvalue weighted by molar-refractivity contribution is 5.76. The summed E-state index contributed by atoms with van der Waals surface area (Å²) in [4.78, 5) is 26.6. The molecule has 0 N–H and O–H groups in total. The van der Waals surface area contributed by atoms with Gasteiger partial charge in [-0.05, 0) is 43.9 Å². The number of amides is 1. The topological polar surface area (TPSA) is 55.5 Å². The monoisotopic (exact) mass is 292 g/mol. The number of rotatable bonds is 3. The van der Waals surface area contributed by atoms with E-state index in [0.29, 0.717) is 30.2 Å². The van der Waals surface area contributed by atoms with Crippen molar-refractivity contribution in [2.45, 2.75) is 52.4 Å². The molecule has 2 heterocycles. The van der Waals surface area contributed by atoms with E-state index >= 15 is 0 Å². The molecular formula is C16H24N2O3. The maximum absolute atomic E-state index is 12.8. The van der Waals surface area contributed by atoms with Gasteiger partial charge < -0.3 is 9.42 Å². The molecule has 0 radical (unpaired) electrons. The Bertz CT molecular complexity index is 575. The van der Waals surface area contributed by atoms with E-state index in [4.69, 9.17) is 4.52 Å². The van der Waals surface area contributed by atoms with Crippen LogP contribution in [-0.4, -0.2) is 28.8 Å². The van der Waals surface area contributed by atoms with Crippen LogP contribution >= 0.6 is 0 Å². The van der Waals surface area contributed by atoms with Crippen molar-refractivity contribution in [1.82, 2.24) is 9.64 Å². The molecule has 2 atom stereocenters. The summed E-state index contributed by atoms with van der Waals surface area (Å²) in [5.74, 6) is 1.27. The number of fused-ring (bicyclic) bond motifs is 2. The number of hydrogen-bond acceptors (Lipinski definition) is 3. The van der Waals surface area contributed by atoms with Crippen LogP contribution in [0.2, 0.25) is 0 Å². The third kappa shape index (κ3) is 2.54. The summed E-state index contributed by atoms with van der Waals surface area (Å²) in [6, 6.07) is -0.146. The lowest BCUT2D eigenvalue weighted by molar-refractivity contribution is 0.136. The lowest BCUT2D eigenvalue weighted by Gasteiger charge is -2.31. The number of nitrogens with zero attached hydrogens (tertiary/aromatic N) is 2. The molecule has 1 amide bonds. The van der Waals surface area contributed by atoms with E-state index in [1.54, 1.807) is 0 Å². The molecule has 2 aliphatic rings. The SMILES string of the molecule is CCCc1c(CC)c(=O)on1C(=O)N1CC2CCC(C2)C1. The number of aromatic nitrogens is 1. The highest BCUT2D eigenvalue weighted by Gasteiger charge is 2.36. The number of hydrogen-bond donors (Lipinski definition) is 0. The second-order valence-electron chi connectivity index (χ2n) is 6.43. The number of carbonyl (C=O) groups is 1. The van der Waals surface area contributed by atoms with Gasteiger partial charge in [-0.3, -0.25) is 0 Å². The minimum atomic E-state index is -0.353. The van der Waals surface area contributed by atoms with Crippen molar-refractivity contribution in [3.63, 3.8) is 0 Å². The van der Waals surface area contributed by atoms with Crippen LogP contribution in [0.3, 0.4) is 0 Å². The Morgan fingerprint density at radius 2 is 1.90 bits per heavy atom. The average Bonchev–Trinajstić information content (AvgIpc) is 2.98. The Kier molecular flexibility index (Phi) is 3.91. The standard InChI is InChI=1S/C16H24N2O3/c1-3-5-14-13(4-2)15(19)21-18(14)16(20)17-9-11-6-7-12(8-11)10-17/h11-12H,3-10H2,1-2H3. The van der Waals surface area contributed by atoms with E-state index in [9.17, 15) is 9.59 Å². The molecule has 2 bridgehead atoms. The van der Waals surface area contributed by atoms with Crippen molar-refractivity contribution in [3.05, 3.63) is 21.7 Å². The van der Waals surface area contributed by atoms with E-state index in [1.165, 1.54) is 24.0 Å². The maximum atomic E-state index is 12.8. The fraction of sp³-hybridized carbons (Fsp3) is 0.750. The van der Waals surface area contributed by atoms with Gasteiger partial charge in [0.05, 0.1) is 11.3 Å². The molecule has 1 aromatic rings. The summed E-state index contributed by atoms with van der Waals surface area (Å²) >= 11 is 0. The van der Waals surface area contributed by atoms with Gasteiger partial charge in [0.1, 0.15) is 0 Å². The van der Waals surface area contributed by atoms with Crippen molar-refractivity contribution in [2.75, 3.05) is 13.1 Å². The molecule has 5 nitrogen and oxygen atoms in total. The predicted octanol–water partition coefficient (Wildman–Crippen LogP) is 2.66. The van der Waals surface area contributed by atoms with Gasteiger partial charge in [0.2, 0.25) is 0 Å². The molecule has 116 valence electrons. The van der Waals surface area contributed by atoms with Gasteiger partial charge in [0, 0.05) is 13.1 Å². The smallest absolute Gasteiger partial charge is 0.327 e. The third-order valence-corrected chi connectivity index (χ3v) is 4.91. The molecule has 1 aliphatic carbocycles. The Balaban J connectivity index is 1.89. The first-order valence-electron chi connectivity index (χ1n) is 8.17. The van der Waals surface area contributed by atoms with Gasteiger partial charge >= 0.3 is 11.7 Å². The molecule has 2 unspecified atom stereocenters. The average molecular weight is 292 g/mol.